The van der Waals surface area contributed by atoms with E-state index < -0.39 is 6.04 Å². The number of nitrogens with one attached hydrogen (secondary N) is 4. The van der Waals surface area contributed by atoms with Crippen LogP contribution in [-0.2, 0) is 17.8 Å². The zero-order valence-electron chi connectivity index (χ0n) is 20.7. The van der Waals surface area contributed by atoms with E-state index in [1.54, 1.807) is 0 Å². The van der Waals surface area contributed by atoms with Crippen LogP contribution in [0.2, 0.25) is 0 Å². The molecule has 0 saturated carbocycles. The van der Waals surface area contributed by atoms with Gasteiger partial charge in [-0.2, -0.15) is 0 Å². The number of aryl methyl sites for hydroxylation is 1. The zero-order valence-corrected chi connectivity index (χ0v) is 20.7. The van der Waals surface area contributed by atoms with Gasteiger partial charge in [-0.1, -0.05) is 78.9 Å². The minimum absolute atomic E-state index is 0.0641. The Hall–Kier alpha value is -3.68. The minimum atomic E-state index is -0.406. The molecule has 3 aromatic carbocycles. The molecule has 0 aliphatic carbocycles. The van der Waals surface area contributed by atoms with Crippen molar-refractivity contribution >= 4 is 17.6 Å². The minimum Gasteiger partial charge on any atom is -0.351 e. The molecule has 3 aromatic rings. The molecule has 36 heavy (non-hydrogen) atoms. The van der Waals surface area contributed by atoms with Gasteiger partial charge in [0.2, 0.25) is 5.91 Å². The molecule has 0 fully saturated rings. The van der Waals surface area contributed by atoms with E-state index in [1.807, 2.05) is 78.9 Å². The third-order valence-electron chi connectivity index (χ3n) is 5.92. The topological polar surface area (TPSA) is 108 Å². The first-order chi connectivity index (χ1) is 17.6. The molecule has 0 radical (unpaired) electrons. The fraction of sp³-hybridized carbons (Fsp3) is 0.310. The third kappa shape index (κ3) is 9.90. The predicted molar refractivity (Wildman–Crippen MR) is 146 cm³/mol. The van der Waals surface area contributed by atoms with Crippen molar-refractivity contribution in [2.24, 2.45) is 5.73 Å². The lowest BCUT2D eigenvalue weighted by Gasteiger charge is -2.26. The average Bonchev–Trinajstić information content (AvgIpc) is 2.92. The first kappa shape index (κ1) is 26.9. The first-order valence-electron chi connectivity index (χ1n) is 12.6. The van der Waals surface area contributed by atoms with Gasteiger partial charge in [-0.15, -0.1) is 0 Å². The molecule has 0 aliphatic rings. The molecule has 0 bridgehead atoms. The summed E-state index contributed by atoms with van der Waals surface area (Å²) in [5, 5.41) is 12.4. The van der Waals surface area contributed by atoms with Gasteiger partial charge in [0, 0.05) is 24.8 Å². The second kappa shape index (κ2) is 15.3. The molecule has 0 saturated heterocycles. The van der Waals surface area contributed by atoms with E-state index in [2.05, 4.69) is 33.4 Å². The van der Waals surface area contributed by atoms with Crippen LogP contribution in [0.4, 0.5) is 10.5 Å². The van der Waals surface area contributed by atoms with Gasteiger partial charge in [-0.05, 0) is 55.5 Å². The van der Waals surface area contributed by atoms with Crippen LogP contribution in [0.3, 0.4) is 0 Å². The van der Waals surface area contributed by atoms with Crippen molar-refractivity contribution in [2.45, 2.75) is 44.3 Å². The highest BCUT2D eigenvalue weighted by atomic mass is 16.2. The molecule has 3 rings (SSSR count). The summed E-state index contributed by atoms with van der Waals surface area (Å²) in [4.78, 5) is 25.6. The van der Waals surface area contributed by atoms with Crippen molar-refractivity contribution in [1.29, 1.82) is 0 Å². The number of anilines is 1. The van der Waals surface area contributed by atoms with Gasteiger partial charge in [0.25, 0.3) is 0 Å². The number of rotatable bonds is 14. The summed E-state index contributed by atoms with van der Waals surface area (Å²) >= 11 is 0. The molecule has 7 nitrogen and oxygen atoms in total. The molecule has 190 valence electrons. The number of nitrogens with two attached hydrogens (primary N) is 1. The van der Waals surface area contributed by atoms with Crippen LogP contribution in [0, 0.1) is 0 Å². The quantitative estimate of drug-likeness (QED) is 0.238. The smallest absolute Gasteiger partial charge is 0.319 e. The maximum absolute atomic E-state index is 13.1. The molecule has 0 heterocycles. The van der Waals surface area contributed by atoms with Crippen molar-refractivity contribution in [3.05, 3.63) is 102 Å². The van der Waals surface area contributed by atoms with Gasteiger partial charge in [-0.25, -0.2) is 4.79 Å². The summed E-state index contributed by atoms with van der Waals surface area (Å²) in [5.41, 5.74) is 8.74. The van der Waals surface area contributed by atoms with Crippen LogP contribution in [0.1, 0.15) is 30.4 Å². The van der Waals surface area contributed by atoms with Gasteiger partial charge in [-0.3, -0.25) is 4.79 Å². The van der Waals surface area contributed by atoms with Crippen molar-refractivity contribution in [3.63, 3.8) is 0 Å². The van der Waals surface area contributed by atoms with Crippen molar-refractivity contribution in [2.75, 3.05) is 18.4 Å². The Morgan fingerprint density at radius 1 is 0.750 bits per heavy atom. The molecule has 0 spiro atoms. The predicted octanol–water partition coefficient (Wildman–Crippen LogP) is 3.82. The average molecular weight is 488 g/mol. The van der Waals surface area contributed by atoms with Crippen LogP contribution in [-0.4, -0.2) is 37.1 Å². The highest BCUT2D eigenvalue weighted by Gasteiger charge is 2.22. The van der Waals surface area contributed by atoms with E-state index >= 15 is 0 Å². The lowest BCUT2D eigenvalue weighted by molar-refractivity contribution is -0.123. The standard InChI is InChI=1S/C29H37N5O2/c30-20-10-17-27(28(35)31-21-24-13-6-2-7-14-24)33-26(19-18-23-11-4-1-5-12-23)22-32-29(36)34-25-15-8-3-9-16-25/h1-9,11-16,26-27,33H,10,17-22,30H2,(H,31,35)(H2,32,34,36)/t26-,27+/m1/s1. The fourth-order valence-electron chi connectivity index (χ4n) is 3.95. The molecule has 6 N–H and O–H groups in total. The Bertz CT molecular complexity index is 1030. The van der Waals surface area contributed by atoms with Crippen LogP contribution in [0.15, 0.2) is 91.0 Å². The number of carbonyl (C=O) groups is 2. The van der Waals surface area contributed by atoms with Crippen molar-refractivity contribution in [1.82, 2.24) is 16.0 Å². The van der Waals surface area contributed by atoms with E-state index in [4.69, 9.17) is 5.73 Å². The summed E-state index contributed by atoms with van der Waals surface area (Å²) in [6.07, 6.45) is 2.94. The lowest BCUT2D eigenvalue weighted by Crippen LogP contribution is -2.52. The second-order valence-electron chi connectivity index (χ2n) is 8.78. The summed E-state index contributed by atoms with van der Waals surface area (Å²) in [7, 11) is 0. The fourth-order valence-corrected chi connectivity index (χ4v) is 3.95. The molecule has 0 aliphatic heterocycles. The SMILES string of the molecule is NCCC[C@H](N[C@H](CCc1ccccc1)CNC(=O)Nc1ccccc1)C(=O)NCc1ccccc1. The summed E-state index contributed by atoms with van der Waals surface area (Å²) in [6.45, 7) is 1.36. The van der Waals surface area contributed by atoms with Gasteiger partial charge >= 0.3 is 6.03 Å². The lowest BCUT2D eigenvalue weighted by atomic mass is 10.0. The van der Waals surface area contributed by atoms with E-state index in [0.29, 0.717) is 26.1 Å². The Labute approximate surface area is 213 Å². The van der Waals surface area contributed by atoms with E-state index in [1.165, 1.54) is 5.56 Å². The van der Waals surface area contributed by atoms with Gasteiger partial charge in [0.1, 0.15) is 0 Å². The maximum Gasteiger partial charge on any atom is 0.319 e. The number of hydrogen-bond donors (Lipinski definition) is 5. The second-order valence-corrected chi connectivity index (χ2v) is 8.78. The number of benzene rings is 3. The van der Waals surface area contributed by atoms with Gasteiger partial charge in [0.15, 0.2) is 0 Å². The van der Waals surface area contributed by atoms with Gasteiger partial charge in [0.05, 0.1) is 6.04 Å². The van der Waals surface area contributed by atoms with Crippen LogP contribution < -0.4 is 27.0 Å². The van der Waals surface area contributed by atoms with Crippen molar-refractivity contribution in [3.8, 4) is 0 Å². The largest absolute Gasteiger partial charge is 0.351 e. The summed E-state index contributed by atoms with van der Waals surface area (Å²) in [6, 6.07) is 28.6. The molecule has 2 atom stereocenters. The highest BCUT2D eigenvalue weighted by molar-refractivity contribution is 5.89. The van der Waals surface area contributed by atoms with E-state index in [0.717, 1.165) is 30.5 Å². The monoisotopic (exact) mass is 487 g/mol. The molecular weight excluding hydrogens is 450 g/mol. The highest BCUT2D eigenvalue weighted by Crippen LogP contribution is 2.09. The van der Waals surface area contributed by atoms with E-state index in [-0.39, 0.29) is 18.0 Å². The Kier molecular flexibility index (Phi) is 11.5. The number of urea groups is 1. The van der Waals surface area contributed by atoms with Crippen LogP contribution in [0.25, 0.3) is 0 Å². The molecule has 7 heteroatoms. The maximum atomic E-state index is 13.1. The third-order valence-corrected chi connectivity index (χ3v) is 5.92. The molecular formula is C29H37N5O2. The van der Waals surface area contributed by atoms with Crippen LogP contribution >= 0.6 is 0 Å². The normalized spacial score (nSPS) is 12.4. The van der Waals surface area contributed by atoms with Crippen LogP contribution in [0.5, 0.6) is 0 Å². The Morgan fingerprint density at radius 3 is 2.00 bits per heavy atom. The Balaban J connectivity index is 1.62. The summed E-state index contributed by atoms with van der Waals surface area (Å²) < 4.78 is 0. The van der Waals surface area contributed by atoms with Crippen molar-refractivity contribution < 1.29 is 9.59 Å². The number of hydrogen-bond acceptors (Lipinski definition) is 4. The molecule has 3 amide bonds. The molecule has 0 aromatic heterocycles. The number of amides is 3. The van der Waals surface area contributed by atoms with Gasteiger partial charge < -0.3 is 27.0 Å². The number of carbonyl (C=O) groups excluding carboxylic acids is 2. The number of para-hydroxylation sites is 1. The van der Waals surface area contributed by atoms with E-state index in [9.17, 15) is 9.59 Å². The first-order valence-corrected chi connectivity index (χ1v) is 12.6. The molecule has 0 unspecified atom stereocenters. The zero-order chi connectivity index (χ0) is 25.4. The summed E-state index contributed by atoms with van der Waals surface area (Å²) in [5.74, 6) is -0.0641. The Morgan fingerprint density at radius 2 is 1.36 bits per heavy atom.